The molecule has 2 heteroatoms. The first-order chi connectivity index (χ1) is 9.80. The van der Waals surface area contributed by atoms with Gasteiger partial charge in [0, 0.05) is 10.7 Å². The highest BCUT2D eigenvalue weighted by Crippen LogP contribution is 2.47. The Bertz CT molecular complexity index is 572. The minimum absolute atomic E-state index is 0.00991. The van der Waals surface area contributed by atoms with Gasteiger partial charge in [-0.05, 0) is 44.3 Å². The predicted octanol–water partition coefficient (Wildman–Crippen LogP) is 4.28. The van der Waals surface area contributed by atoms with Crippen molar-refractivity contribution in [3.8, 4) is 11.8 Å². The van der Waals surface area contributed by atoms with E-state index in [0.29, 0.717) is 12.7 Å². The van der Waals surface area contributed by atoms with Crippen molar-refractivity contribution in [2.24, 2.45) is 5.41 Å². The summed E-state index contributed by atoms with van der Waals surface area (Å²) in [4.78, 5) is 0. The fraction of sp³-hybridized carbons (Fsp3) is 0.474. The van der Waals surface area contributed by atoms with Gasteiger partial charge in [0.25, 0.3) is 0 Å². The van der Waals surface area contributed by atoms with E-state index in [9.17, 15) is 0 Å². The van der Waals surface area contributed by atoms with Crippen molar-refractivity contribution in [1.82, 2.24) is 5.23 Å². The van der Waals surface area contributed by atoms with Crippen molar-refractivity contribution in [3.05, 3.63) is 42.0 Å². The van der Waals surface area contributed by atoms with Crippen molar-refractivity contribution in [1.29, 1.82) is 0 Å². The molecule has 1 aromatic carbocycles. The molecule has 1 heterocycles. The maximum Gasteiger partial charge on any atom is 0.243 e. The van der Waals surface area contributed by atoms with Crippen LogP contribution in [0.2, 0.25) is 11.1 Å². The van der Waals surface area contributed by atoms with Gasteiger partial charge < -0.3 is 5.23 Å². The van der Waals surface area contributed by atoms with Crippen LogP contribution in [0.25, 0.3) is 6.08 Å². The molecule has 1 unspecified atom stereocenters. The average Bonchev–Trinajstić information content (AvgIpc) is 2.44. The molecule has 1 N–H and O–H groups in total. The van der Waals surface area contributed by atoms with Crippen LogP contribution in [0.15, 0.2) is 30.8 Å². The lowest BCUT2D eigenvalue weighted by Crippen LogP contribution is -2.51. The van der Waals surface area contributed by atoms with E-state index in [1.807, 2.05) is 6.08 Å². The van der Waals surface area contributed by atoms with E-state index < -0.39 is 0 Å². The van der Waals surface area contributed by atoms with Gasteiger partial charge in [0.1, 0.15) is 0 Å². The highest BCUT2D eigenvalue weighted by molar-refractivity contribution is 6.62. The van der Waals surface area contributed by atoms with Crippen LogP contribution in [0.3, 0.4) is 0 Å². The summed E-state index contributed by atoms with van der Waals surface area (Å²) in [5.41, 5.74) is 2.57. The van der Waals surface area contributed by atoms with Crippen molar-refractivity contribution < 1.29 is 0 Å². The number of hydrogen-bond acceptors (Lipinski definition) is 1. The van der Waals surface area contributed by atoms with E-state index in [2.05, 4.69) is 82.7 Å². The molecule has 110 valence electrons. The SMILES string of the molecule is C=Cc1ccc(CC2B(NC)C(C)(C)C#CC2(C)C)cc1. The van der Waals surface area contributed by atoms with Gasteiger partial charge in [-0.1, -0.05) is 56.7 Å². The molecule has 0 saturated heterocycles. The Morgan fingerprint density at radius 1 is 1.19 bits per heavy atom. The van der Waals surface area contributed by atoms with Crippen LogP contribution in [0.5, 0.6) is 0 Å². The summed E-state index contributed by atoms with van der Waals surface area (Å²) in [7, 11) is 2.06. The minimum Gasteiger partial charge on any atom is -0.357 e. The van der Waals surface area contributed by atoms with Crippen LogP contribution in [0.4, 0.5) is 0 Å². The zero-order chi connectivity index (χ0) is 15.7. The quantitative estimate of drug-likeness (QED) is 0.641. The Labute approximate surface area is 130 Å². The van der Waals surface area contributed by atoms with Gasteiger partial charge in [0.05, 0.1) is 0 Å². The van der Waals surface area contributed by atoms with Crippen molar-refractivity contribution in [2.45, 2.75) is 45.2 Å². The Hall–Kier alpha value is -1.46. The molecule has 1 atom stereocenters. The van der Waals surface area contributed by atoms with Crippen LogP contribution in [-0.2, 0) is 6.42 Å². The van der Waals surface area contributed by atoms with Crippen LogP contribution in [0.1, 0.15) is 38.8 Å². The Balaban J connectivity index is 2.31. The molecule has 1 nitrogen and oxygen atoms in total. The summed E-state index contributed by atoms with van der Waals surface area (Å²) in [6, 6.07) is 8.72. The standard InChI is InChI=1S/C19H26BN/c1-7-15-8-10-16(11-9-15)14-17-18(2,3)12-13-19(4,5)20(17)21-6/h7-11,17,21H,1,14H2,2-6H3. The summed E-state index contributed by atoms with van der Waals surface area (Å²) in [6.07, 6.45) is 2.94. The van der Waals surface area contributed by atoms with Crippen LogP contribution in [-0.4, -0.2) is 13.9 Å². The van der Waals surface area contributed by atoms with Gasteiger partial charge in [-0.25, -0.2) is 0 Å². The molecule has 0 aliphatic carbocycles. The Kier molecular flexibility index (Phi) is 4.35. The molecule has 0 aromatic heterocycles. The summed E-state index contributed by atoms with van der Waals surface area (Å²) >= 11 is 0. The topological polar surface area (TPSA) is 12.0 Å². The first-order valence-electron chi connectivity index (χ1n) is 7.73. The third-order valence-electron chi connectivity index (χ3n) is 4.80. The van der Waals surface area contributed by atoms with E-state index in [1.54, 1.807) is 0 Å². The molecule has 0 amide bonds. The van der Waals surface area contributed by atoms with E-state index >= 15 is 0 Å². The normalized spacial score (nSPS) is 22.3. The van der Waals surface area contributed by atoms with E-state index in [1.165, 1.54) is 11.1 Å². The highest BCUT2D eigenvalue weighted by Gasteiger charge is 2.47. The molecule has 0 spiro atoms. The molecule has 0 fully saturated rings. The predicted molar refractivity (Wildman–Crippen MR) is 94.4 cm³/mol. The van der Waals surface area contributed by atoms with Gasteiger partial charge in [0.15, 0.2) is 0 Å². The summed E-state index contributed by atoms with van der Waals surface area (Å²) in [5, 5.41) is 3.53. The molecule has 0 bridgehead atoms. The molecule has 0 radical (unpaired) electrons. The summed E-state index contributed by atoms with van der Waals surface area (Å²) in [5.74, 6) is 7.45. The van der Waals surface area contributed by atoms with Crippen LogP contribution < -0.4 is 5.23 Å². The number of rotatable bonds is 4. The summed E-state index contributed by atoms with van der Waals surface area (Å²) < 4.78 is 0. The molecule has 1 aliphatic heterocycles. The Morgan fingerprint density at radius 3 is 2.33 bits per heavy atom. The zero-order valence-corrected chi connectivity index (χ0v) is 14.0. The molecular formula is C19H26BN. The largest absolute Gasteiger partial charge is 0.357 e. The molecule has 0 saturated carbocycles. The zero-order valence-electron chi connectivity index (χ0n) is 14.0. The molecular weight excluding hydrogens is 253 g/mol. The van der Waals surface area contributed by atoms with Crippen molar-refractivity contribution in [3.63, 3.8) is 0 Å². The Morgan fingerprint density at radius 2 is 1.81 bits per heavy atom. The lowest BCUT2D eigenvalue weighted by Gasteiger charge is -2.43. The third-order valence-corrected chi connectivity index (χ3v) is 4.80. The van der Waals surface area contributed by atoms with Crippen molar-refractivity contribution >= 4 is 12.9 Å². The molecule has 21 heavy (non-hydrogen) atoms. The maximum atomic E-state index is 3.82. The van der Waals surface area contributed by atoms with E-state index in [-0.39, 0.29) is 10.7 Å². The second-order valence-electron chi connectivity index (χ2n) is 7.22. The molecule has 1 aromatic rings. The van der Waals surface area contributed by atoms with E-state index in [4.69, 9.17) is 0 Å². The van der Waals surface area contributed by atoms with Gasteiger partial charge >= 0.3 is 0 Å². The number of nitrogens with one attached hydrogen (secondary N) is 1. The monoisotopic (exact) mass is 279 g/mol. The minimum atomic E-state index is 0.00991. The van der Waals surface area contributed by atoms with Crippen molar-refractivity contribution in [2.75, 3.05) is 7.05 Å². The first-order valence-corrected chi connectivity index (χ1v) is 7.73. The second kappa shape index (κ2) is 5.74. The van der Waals surface area contributed by atoms with Gasteiger partial charge in [-0.3, -0.25) is 0 Å². The highest BCUT2D eigenvalue weighted by atomic mass is 14.7. The number of benzene rings is 1. The smallest absolute Gasteiger partial charge is 0.243 e. The van der Waals surface area contributed by atoms with Gasteiger partial charge in [-0.15, -0.1) is 5.92 Å². The number of hydrogen-bond donors (Lipinski definition) is 1. The third kappa shape index (κ3) is 3.25. The molecule has 1 aliphatic rings. The van der Waals surface area contributed by atoms with Crippen LogP contribution in [0, 0.1) is 17.3 Å². The van der Waals surface area contributed by atoms with Gasteiger partial charge in [0.2, 0.25) is 6.85 Å². The first kappa shape index (κ1) is 15.9. The van der Waals surface area contributed by atoms with Gasteiger partial charge in [-0.2, -0.15) is 0 Å². The molecule has 2 rings (SSSR count). The lowest BCUT2D eigenvalue weighted by molar-refractivity contribution is 0.429. The summed E-state index contributed by atoms with van der Waals surface area (Å²) in [6.45, 7) is 13.2. The van der Waals surface area contributed by atoms with E-state index in [0.717, 1.165) is 6.42 Å². The van der Waals surface area contributed by atoms with Crippen LogP contribution >= 0.6 is 0 Å². The fourth-order valence-electron chi connectivity index (χ4n) is 3.39. The second-order valence-corrected chi connectivity index (χ2v) is 7.22. The fourth-order valence-corrected chi connectivity index (χ4v) is 3.39. The average molecular weight is 279 g/mol. The maximum absolute atomic E-state index is 3.82. The lowest BCUT2D eigenvalue weighted by atomic mass is 9.30.